The van der Waals surface area contributed by atoms with Crippen LogP contribution in [-0.4, -0.2) is 35.0 Å². The number of nitrogens with two attached hydrogens (primary N) is 1. The molecule has 3 heterocycles. The summed E-state index contributed by atoms with van der Waals surface area (Å²) in [6.07, 6.45) is 0.272. The van der Waals surface area contributed by atoms with Crippen molar-refractivity contribution in [3.63, 3.8) is 0 Å². The lowest BCUT2D eigenvalue weighted by Gasteiger charge is -2.22. The zero-order chi connectivity index (χ0) is 16.5. The minimum absolute atomic E-state index is 0.0268. The lowest BCUT2D eigenvalue weighted by Crippen LogP contribution is -2.53. The van der Waals surface area contributed by atoms with Gasteiger partial charge in [-0.25, -0.2) is 9.28 Å². The lowest BCUT2D eigenvalue weighted by molar-refractivity contribution is -0.763. The molecule has 5 atom stereocenters. The van der Waals surface area contributed by atoms with Gasteiger partial charge in [-0.1, -0.05) is 17.7 Å². The molecule has 23 heavy (non-hydrogen) atoms. The van der Waals surface area contributed by atoms with Crippen LogP contribution in [0.3, 0.4) is 0 Å². The number of quaternary nitrogens is 1. The quantitative estimate of drug-likeness (QED) is 0.437. The van der Waals surface area contributed by atoms with E-state index in [-0.39, 0.29) is 28.7 Å². The topological polar surface area (TPSA) is 88.2 Å². The minimum Gasteiger partial charge on any atom is -0.468 e. The molecule has 5 unspecified atom stereocenters. The first-order valence-electron chi connectivity index (χ1n) is 7.90. The Kier molecular flexibility index (Phi) is 2.77. The van der Waals surface area contributed by atoms with Gasteiger partial charge in [0.15, 0.2) is 35.9 Å². The molecule has 4 N–H and O–H groups in total. The molecule has 3 aliphatic heterocycles. The first-order chi connectivity index (χ1) is 10.9. The third kappa shape index (κ3) is 1.59. The Labute approximate surface area is 135 Å². The van der Waals surface area contributed by atoms with Crippen molar-refractivity contribution in [1.82, 2.24) is 5.32 Å². The van der Waals surface area contributed by atoms with E-state index >= 15 is 0 Å². The molecular formula is C17H21N4O2+. The van der Waals surface area contributed by atoms with Gasteiger partial charge < -0.3 is 15.5 Å². The molecule has 1 amide bonds. The van der Waals surface area contributed by atoms with Crippen molar-refractivity contribution in [3.05, 3.63) is 40.6 Å². The fourth-order valence-corrected chi connectivity index (χ4v) is 4.24. The van der Waals surface area contributed by atoms with Crippen LogP contribution in [0.2, 0.25) is 0 Å². The van der Waals surface area contributed by atoms with E-state index in [2.05, 4.69) is 23.5 Å². The summed E-state index contributed by atoms with van der Waals surface area (Å²) in [5.41, 5.74) is 9.86. The van der Waals surface area contributed by atoms with Crippen LogP contribution in [0.5, 0.6) is 0 Å². The average molecular weight is 313 g/mol. The second-order valence-corrected chi connectivity index (χ2v) is 6.68. The predicted octanol–water partition coefficient (Wildman–Crippen LogP) is 1.36. The van der Waals surface area contributed by atoms with E-state index in [0.29, 0.717) is 11.5 Å². The summed E-state index contributed by atoms with van der Waals surface area (Å²) in [6, 6.07) is 6.21. The molecular weight excluding hydrogens is 292 g/mol. The fraction of sp³-hybridized carbons (Fsp3) is 0.412. The fourth-order valence-electron chi connectivity index (χ4n) is 4.24. The van der Waals surface area contributed by atoms with Gasteiger partial charge in [-0.15, -0.1) is 0 Å². The highest BCUT2D eigenvalue weighted by atomic mass is 16.5. The van der Waals surface area contributed by atoms with Gasteiger partial charge in [0.2, 0.25) is 0 Å². The minimum atomic E-state index is -0.652. The maximum absolute atomic E-state index is 13.3. The zero-order valence-corrected chi connectivity index (χ0v) is 13.5. The molecule has 1 fully saturated rings. The number of hydrogen-bond donors (Lipinski definition) is 3. The third-order valence-corrected chi connectivity index (χ3v) is 5.37. The summed E-state index contributed by atoms with van der Waals surface area (Å²) in [4.78, 5) is 13.3. The molecule has 0 saturated carbocycles. The largest absolute Gasteiger partial charge is 0.468 e. The maximum Gasteiger partial charge on any atom is 0.368 e. The Hall–Kier alpha value is -2.18. The number of benzene rings is 1. The Bertz CT molecular complexity index is 772. The maximum atomic E-state index is 13.3. The predicted molar refractivity (Wildman–Crippen MR) is 86.0 cm³/mol. The Morgan fingerprint density at radius 3 is 2.87 bits per heavy atom. The van der Waals surface area contributed by atoms with Crippen molar-refractivity contribution in [1.29, 1.82) is 5.41 Å². The van der Waals surface area contributed by atoms with E-state index in [9.17, 15) is 4.79 Å². The molecule has 0 aliphatic carbocycles. The molecule has 1 saturated heterocycles. The normalized spacial score (nSPS) is 35.3. The Morgan fingerprint density at radius 2 is 2.17 bits per heavy atom. The van der Waals surface area contributed by atoms with Crippen LogP contribution in [0.15, 0.2) is 23.9 Å². The Balaban J connectivity index is 1.99. The Morgan fingerprint density at radius 1 is 1.43 bits per heavy atom. The first kappa shape index (κ1) is 14.4. The number of rotatable bonds is 2. The van der Waals surface area contributed by atoms with E-state index in [1.807, 2.05) is 20.8 Å². The van der Waals surface area contributed by atoms with Gasteiger partial charge in [0.25, 0.3) is 0 Å². The van der Waals surface area contributed by atoms with E-state index in [1.54, 1.807) is 0 Å². The van der Waals surface area contributed by atoms with Crippen molar-refractivity contribution in [2.45, 2.75) is 45.2 Å². The van der Waals surface area contributed by atoms with Crippen molar-refractivity contribution < 1.29 is 14.0 Å². The van der Waals surface area contributed by atoms with Gasteiger partial charge in [-0.2, -0.15) is 0 Å². The van der Waals surface area contributed by atoms with Crippen molar-refractivity contribution in [2.75, 3.05) is 0 Å². The second kappa shape index (κ2) is 4.43. The van der Waals surface area contributed by atoms with Crippen LogP contribution in [0.25, 0.3) is 5.76 Å². The molecule has 6 heteroatoms. The summed E-state index contributed by atoms with van der Waals surface area (Å²) in [7, 11) is 0. The summed E-state index contributed by atoms with van der Waals surface area (Å²) >= 11 is 0. The van der Waals surface area contributed by atoms with Crippen LogP contribution >= 0.6 is 0 Å². The summed E-state index contributed by atoms with van der Waals surface area (Å²) < 4.78 is 5.97. The van der Waals surface area contributed by atoms with Crippen molar-refractivity contribution in [3.8, 4) is 0 Å². The van der Waals surface area contributed by atoms with Crippen LogP contribution in [0.1, 0.15) is 36.6 Å². The lowest BCUT2D eigenvalue weighted by atomic mass is 9.98. The number of hydrogen-bond acceptors (Lipinski definition) is 5. The van der Waals surface area contributed by atoms with Crippen LogP contribution < -0.4 is 11.1 Å². The van der Waals surface area contributed by atoms with Gasteiger partial charge >= 0.3 is 5.91 Å². The number of aryl methyl sites for hydroxylation is 1. The van der Waals surface area contributed by atoms with E-state index < -0.39 is 6.17 Å². The number of carbonyl (C=O) groups is 1. The molecule has 0 radical (unpaired) electrons. The van der Waals surface area contributed by atoms with Crippen molar-refractivity contribution in [2.24, 2.45) is 5.73 Å². The van der Waals surface area contributed by atoms with Gasteiger partial charge in [-0.3, -0.25) is 5.73 Å². The van der Waals surface area contributed by atoms with Crippen LogP contribution in [0, 0.1) is 12.3 Å². The van der Waals surface area contributed by atoms with Gasteiger partial charge in [0, 0.05) is 11.1 Å². The van der Waals surface area contributed by atoms with E-state index in [1.165, 1.54) is 6.21 Å². The second-order valence-electron chi connectivity index (χ2n) is 6.68. The molecule has 3 aliphatic rings. The first-order valence-corrected chi connectivity index (χ1v) is 7.90. The molecule has 0 bridgehead atoms. The highest BCUT2D eigenvalue weighted by molar-refractivity contribution is 5.99. The molecule has 1 aromatic rings. The third-order valence-electron chi connectivity index (χ3n) is 5.37. The van der Waals surface area contributed by atoms with Crippen molar-refractivity contribution >= 4 is 17.9 Å². The van der Waals surface area contributed by atoms with Gasteiger partial charge in [-0.05, 0) is 26.8 Å². The highest BCUT2D eigenvalue weighted by Gasteiger charge is 2.74. The molecule has 1 aromatic carbocycles. The molecule has 6 nitrogen and oxygen atoms in total. The number of fused-ring (bicyclic) bond motifs is 4. The zero-order valence-electron chi connectivity index (χ0n) is 13.5. The number of nitrogens with one attached hydrogen (secondary N) is 2. The molecule has 120 valence electrons. The number of amides is 1. The smallest absolute Gasteiger partial charge is 0.368 e. The summed E-state index contributed by atoms with van der Waals surface area (Å²) in [5, 5.41) is 10.8. The van der Waals surface area contributed by atoms with E-state index in [4.69, 9.17) is 15.9 Å². The molecule has 0 aromatic heterocycles. The monoisotopic (exact) mass is 313 g/mol. The van der Waals surface area contributed by atoms with Gasteiger partial charge in [0.05, 0.1) is 6.21 Å². The SMILES string of the molecule is Cc1ccc2c(c1)C1=C(NC(C)O1)C(=O)[N+]1(C(N)C=N)C(C)C21. The molecule has 0 spiro atoms. The number of carbonyl (C=O) groups excluding carboxylic acids is 1. The average Bonchev–Trinajstić information content (AvgIpc) is 2.97. The van der Waals surface area contributed by atoms with Crippen LogP contribution in [0.4, 0.5) is 0 Å². The van der Waals surface area contributed by atoms with Gasteiger partial charge in [0.1, 0.15) is 0 Å². The number of nitrogens with zero attached hydrogens (tertiary/aromatic N) is 1. The summed E-state index contributed by atoms with van der Waals surface area (Å²) in [5.74, 6) is 0.544. The van der Waals surface area contributed by atoms with E-state index in [0.717, 1.165) is 16.7 Å². The number of ether oxygens (including phenoxy) is 1. The van der Waals surface area contributed by atoms with Crippen LogP contribution in [-0.2, 0) is 9.53 Å². The standard InChI is InChI=1S/C17H21N4O2/c1-8-4-5-11-12(6-8)16-14(20-10(3)23-16)17(22)21(13(19)7-18)9(2)15(11)21/h4-7,9-10,13,15,18,20H,19H2,1-3H3/q+1. The highest BCUT2D eigenvalue weighted by Crippen LogP contribution is 2.58. The molecule has 4 rings (SSSR count). The summed E-state index contributed by atoms with van der Waals surface area (Å²) in [6.45, 7) is 5.93.